The second-order valence-electron chi connectivity index (χ2n) is 6.60. The predicted octanol–water partition coefficient (Wildman–Crippen LogP) is 3.73. The Morgan fingerprint density at radius 1 is 1.12 bits per heavy atom. The van der Waals surface area contributed by atoms with Gasteiger partial charge in [0.1, 0.15) is 28.6 Å². The molecule has 0 unspecified atom stereocenters. The van der Waals surface area contributed by atoms with Crippen molar-refractivity contribution in [3.05, 3.63) is 41.8 Å². The molecule has 1 aromatic rings. The molecule has 0 saturated carbocycles. The molecule has 0 saturated heterocycles. The number of carbonyl (C=O) groups is 1. The van der Waals surface area contributed by atoms with Crippen LogP contribution in [0.2, 0.25) is 0 Å². The number of ether oxygens (including phenoxy) is 4. The van der Waals surface area contributed by atoms with Crippen molar-refractivity contribution in [1.82, 2.24) is 4.90 Å². The van der Waals surface area contributed by atoms with E-state index >= 15 is 0 Å². The monoisotopic (exact) mass is 357 g/mol. The quantitative estimate of drug-likeness (QED) is 0.769. The summed E-state index contributed by atoms with van der Waals surface area (Å²) >= 11 is 0. The highest BCUT2D eigenvalue weighted by Crippen LogP contribution is 2.29. The molecule has 1 heterocycles. The molecule has 0 N–H and O–H groups in total. The van der Waals surface area contributed by atoms with Crippen LogP contribution in [0, 0.1) is 12.3 Å². The molecule has 1 aromatic carbocycles. The molecule has 0 aliphatic carbocycles. The van der Waals surface area contributed by atoms with E-state index < -0.39 is 11.7 Å². The topological polar surface area (TPSA) is 57.2 Å². The Labute approximate surface area is 154 Å². The summed E-state index contributed by atoms with van der Waals surface area (Å²) in [6, 6.07) is 5.17. The number of hydrogen-bond acceptors (Lipinski definition) is 5. The van der Waals surface area contributed by atoms with Crippen molar-refractivity contribution in [2.45, 2.75) is 26.4 Å². The van der Waals surface area contributed by atoms with Gasteiger partial charge in [-0.25, -0.2) is 4.79 Å². The van der Waals surface area contributed by atoms with Gasteiger partial charge in [0, 0.05) is 30.0 Å². The molecule has 2 rings (SSSR count). The number of amides is 1. The smallest absolute Gasteiger partial charge is 0.414 e. The van der Waals surface area contributed by atoms with E-state index in [0.717, 1.165) is 0 Å². The van der Waals surface area contributed by atoms with Crippen molar-refractivity contribution in [2.75, 3.05) is 20.8 Å². The molecule has 0 atom stereocenters. The van der Waals surface area contributed by atoms with E-state index in [1.54, 1.807) is 65.5 Å². The minimum atomic E-state index is -0.608. The fourth-order valence-corrected chi connectivity index (χ4v) is 2.21. The molecule has 0 fully saturated rings. The summed E-state index contributed by atoms with van der Waals surface area (Å²) in [4.78, 5) is 13.7. The Morgan fingerprint density at radius 3 is 2.19 bits per heavy atom. The minimum Gasteiger partial charge on any atom is -0.496 e. The molecule has 26 heavy (non-hydrogen) atoms. The van der Waals surface area contributed by atoms with Crippen molar-refractivity contribution < 1.29 is 23.7 Å². The zero-order valence-electron chi connectivity index (χ0n) is 15.7. The van der Waals surface area contributed by atoms with Crippen LogP contribution in [0.4, 0.5) is 4.79 Å². The minimum absolute atomic E-state index is 0.194. The average molecular weight is 357 g/mol. The standard InChI is InChI=1S/C20H23NO5/c1-7-14-8-18(13-21(12-14)19(22)26-20(2,3)4)25-17-10-15(23-5)9-16(11-17)24-6/h1,8-12H,13H2,2-6H3. The number of terminal acetylenes is 1. The summed E-state index contributed by atoms with van der Waals surface area (Å²) in [5.74, 6) is 4.71. The molecule has 0 aromatic heterocycles. The van der Waals surface area contributed by atoms with E-state index in [0.29, 0.717) is 28.6 Å². The number of allylic oxidation sites excluding steroid dienone is 2. The van der Waals surface area contributed by atoms with E-state index in [4.69, 9.17) is 25.4 Å². The van der Waals surface area contributed by atoms with Crippen LogP contribution in [0.25, 0.3) is 0 Å². The van der Waals surface area contributed by atoms with Gasteiger partial charge in [0.2, 0.25) is 0 Å². The number of hydrogen-bond donors (Lipinski definition) is 0. The van der Waals surface area contributed by atoms with Crippen LogP contribution in [-0.2, 0) is 4.74 Å². The Morgan fingerprint density at radius 2 is 1.69 bits per heavy atom. The van der Waals surface area contributed by atoms with Crippen molar-refractivity contribution >= 4 is 6.09 Å². The Balaban J connectivity index is 2.22. The molecule has 0 bridgehead atoms. The van der Waals surface area contributed by atoms with Gasteiger partial charge in [-0.3, -0.25) is 4.90 Å². The highest BCUT2D eigenvalue weighted by Gasteiger charge is 2.25. The van der Waals surface area contributed by atoms with Crippen LogP contribution in [0.3, 0.4) is 0 Å². The Hall–Kier alpha value is -3.07. The first-order valence-corrected chi connectivity index (χ1v) is 8.03. The first-order chi connectivity index (χ1) is 12.2. The van der Waals surface area contributed by atoms with Crippen molar-refractivity contribution in [3.63, 3.8) is 0 Å². The molecule has 6 heteroatoms. The third-order valence-corrected chi connectivity index (χ3v) is 3.31. The average Bonchev–Trinajstić information content (AvgIpc) is 2.59. The van der Waals surface area contributed by atoms with Crippen molar-refractivity contribution in [2.24, 2.45) is 0 Å². The highest BCUT2D eigenvalue weighted by molar-refractivity contribution is 5.71. The second kappa shape index (κ2) is 7.87. The molecule has 1 amide bonds. The lowest BCUT2D eigenvalue weighted by Gasteiger charge is -2.28. The maximum atomic E-state index is 12.3. The number of carbonyl (C=O) groups excluding carboxylic acids is 1. The first-order valence-electron chi connectivity index (χ1n) is 8.03. The number of rotatable bonds is 4. The summed E-state index contributed by atoms with van der Waals surface area (Å²) in [5.41, 5.74) is -0.101. The summed E-state index contributed by atoms with van der Waals surface area (Å²) < 4.78 is 21.8. The highest BCUT2D eigenvalue weighted by atomic mass is 16.6. The van der Waals surface area contributed by atoms with Gasteiger partial charge in [-0.1, -0.05) is 5.92 Å². The largest absolute Gasteiger partial charge is 0.496 e. The zero-order valence-corrected chi connectivity index (χ0v) is 15.7. The van der Waals surface area contributed by atoms with Gasteiger partial charge in [-0.05, 0) is 26.8 Å². The molecular formula is C20H23NO5. The molecule has 0 radical (unpaired) electrons. The van der Waals surface area contributed by atoms with Crippen LogP contribution >= 0.6 is 0 Å². The van der Waals surface area contributed by atoms with Crippen LogP contribution in [-0.4, -0.2) is 37.4 Å². The van der Waals surface area contributed by atoms with Gasteiger partial charge in [0.25, 0.3) is 0 Å². The number of methoxy groups -OCH3 is 2. The fourth-order valence-electron chi connectivity index (χ4n) is 2.21. The van der Waals surface area contributed by atoms with Gasteiger partial charge in [0.15, 0.2) is 0 Å². The van der Waals surface area contributed by atoms with Crippen LogP contribution in [0.5, 0.6) is 17.2 Å². The second-order valence-corrected chi connectivity index (χ2v) is 6.60. The van der Waals surface area contributed by atoms with Gasteiger partial charge < -0.3 is 18.9 Å². The van der Waals surface area contributed by atoms with Gasteiger partial charge in [-0.2, -0.15) is 0 Å². The third kappa shape index (κ3) is 5.21. The van der Waals surface area contributed by atoms with Crippen LogP contribution < -0.4 is 14.2 Å². The van der Waals surface area contributed by atoms with E-state index in [1.807, 2.05) is 0 Å². The van der Waals surface area contributed by atoms with E-state index in [-0.39, 0.29) is 6.54 Å². The van der Waals surface area contributed by atoms with Crippen LogP contribution in [0.15, 0.2) is 41.8 Å². The normalized spacial score (nSPS) is 13.9. The number of nitrogens with zero attached hydrogens (tertiary/aromatic N) is 1. The lowest BCUT2D eigenvalue weighted by Crippen LogP contribution is -2.36. The summed E-state index contributed by atoms with van der Waals surface area (Å²) in [5, 5.41) is 0. The van der Waals surface area contributed by atoms with Gasteiger partial charge >= 0.3 is 6.09 Å². The van der Waals surface area contributed by atoms with Gasteiger partial charge in [-0.15, -0.1) is 6.42 Å². The maximum absolute atomic E-state index is 12.3. The number of benzene rings is 1. The molecule has 1 aliphatic rings. The molecule has 0 spiro atoms. The third-order valence-electron chi connectivity index (χ3n) is 3.31. The molecule has 6 nitrogen and oxygen atoms in total. The first kappa shape index (κ1) is 19.3. The molecule has 1 aliphatic heterocycles. The summed E-state index contributed by atoms with van der Waals surface area (Å²) in [6.45, 7) is 5.60. The SMILES string of the molecule is C#CC1=CN(C(=O)OC(C)(C)C)CC(Oc2cc(OC)cc(OC)c2)=C1. The zero-order chi connectivity index (χ0) is 19.3. The van der Waals surface area contributed by atoms with E-state index in [9.17, 15) is 4.79 Å². The lowest BCUT2D eigenvalue weighted by atomic mass is 10.2. The van der Waals surface area contributed by atoms with E-state index in [1.165, 1.54) is 4.90 Å². The Kier molecular flexibility index (Phi) is 5.83. The molecular weight excluding hydrogens is 334 g/mol. The van der Waals surface area contributed by atoms with Crippen LogP contribution in [0.1, 0.15) is 20.8 Å². The van der Waals surface area contributed by atoms with Crippen molar-refractivity contribution in [3.8, 4) is 29.6 Å². The lowest BCUT2D eigenvalue weighted by molar-refractivity contribution is 0.0332. The summed E-state index contributed by atoms with van der Waals surface area (Å²) in [6.07, 6.45) is 8.27. The maximum Gasteiger partial charge on any atom is 0.414 e. The van der Waals surface area contributed by atoms with Crippen molar-refractivity contribution in [1.29, 1.82) is 0 Å². The predicted molar refractivity (Wildman–Crippen MR) is 98.1 cm³/mol. The Bertz CT molecular complexity index is 758. The van der Waals surface area contributed by atoms with Gasteiger partial charge in [0.05, 0.1) is 20.8 Å². The summed E-state index contributed by atoms with van der Waals surface area (Å²) in [7, 11) is 3.11. The van der Waals surface area contributed by atoms with E-state index in [2.05, 4.69) is 5.92 Å². The fraction of sp³-hybridized carbons (Fsp3) is 0.350. The molecule has 138 valence electrons.